The zero-order valence-electron chi connectivity index (χ0n) is 22.7. The first-order valence-corrected chi connectivity index (χ1v) is 16.2. The predicted octanol–water partition coefficient (Wildman–Crippen LogP) is 8.10. The van der Waals surface area contributed by atoms with Crippen molar-refractivity contribution in [1.82, 2.24) is 10.9 Å². The first-order chi connectivity index (χ1) is 21.3. The molecule has 0 spiro atoms. The van der Waals surface area contributed by atoms with E-state index in [9.17, 15) is 9.59 Å². The molecule has 0 unspecified atom stereocenters. The highest BCUT2D eigenvalue weighted by atomic mass is 79.9. The Balaban J connectivity index is 1.05. The Kier molecular flexibility index (Phi) is 10.8. The second-order valence-corrected chi connectivity index (χ2v) is 12.7. The van der Waals surface area contributed by atoms with Gasteiger partial charge in [-0.2, -0.15) is 10.2 Å². The van der Waals surface area contributed by atoms with Gasteiger partial charge in [-0.05, 0) is 101 Å². The van der Waals surface area contributed by atoms with E-state index in [1.165, 1.54) is 12.4 Å². The average Bonchev–Trinajstić information content (AvgIpc) is 3.01. The maximum atomic E-state index is 12.2. The Morgan fingerprint density at radius 1 is 0.591 bits per heavy atom. The number of fused-ring (bicyclic) bond motifs is 2. The minimum Gasteiger partial charge on any atom is -0.483 e. The summed E-state index contributed by atoms with van der Waals surface area (Å²) in [6, 6.07) is 26.5. The first-order valence-electron chi connectivity index (χ1n) is 13.0. The normalized spacial score (nSPS) is 11.4. The molecule has 0 radical (unpaired) electrons. The highest BCUT2D eigenvalue weighted by Gasteiger charge is 2.10. The number of amides is 2. The molecule has 0 fully saturated rings. The van der Waals surface area contributed by atoms with Gasteiger partial charge in [0.25, 0.3) is 11.8 Å². The van der Waals surface area contributed by atoms with Gasteiger partial charge in [-0.1, -0.05) is 80.4 Å². The molecule has 5 aromatic carbocycles. The number of nitrogens with zero attached hydrogens (tertiary/aromatic N) is 2. The molecule has 0 heterocycles. The minimum absolute atomic E-state index is 0.193. The molecule has 0 bridgehead atoms. The third-order valence-corrected chi connectivity index (χ3v) is 8.84. The number of carbonyl (C=O) groups is 2. The van der Waals surface area contributed by atoms with Crippen LogP contribution in [0.15, 0.2) is 113 Å². The van der Waals surface area contributed by atoms with Crippen LogP contribution in [0.4, 0.5) is 0 Å². The summed E-state index contributed by atoms with van der Waals surface area (Å²) in [4.78, 5) is 24.4. The number of carbonyl (C=O) groups excluding carboxylic acids is 2. The van der Waals surface area contributed by atoms with Crippen LogP contribution in [0.25, 0.3) is 21.5 Å². The average molecular weight is 846 g/mol. The van der Waals surface area contributed by atoms with Crippen LogP contribution in [0.2, 0.25) is 0 Å². The van der Waals surface area contributed by atoms with Crippen molar-refractivity contribution < 1.29 is 19.1 Å². The predicted molar refractivity (Wildman–Crippen MR) is 188 cm³/mol. The van der Waals surface area contributed by atoms with Crippen LogP contribution in [0.1, 0.15) is 11.1 Å². The lowest BCUT2D eigenvalue weighted by molar-refractivity contribution is -0.123. The van der Waals surface area contributed by atoms with Crippen molar-refractivity contribution in [2.45, 2.75) is 0 Å². The Labute approximate surface area is 286 Å². The zero-order chi connectivity index (χ0) is 31.1. The Morgan fingerprint density at radius 3 is 1.41 bits per heavy atom. The fourth-order valence-corrected chi connectivity index (χ4v) is 6.06. The number of nitrogens with one attached hydrogen (secondary N) is 2. The number of ether oxygens (including phenoxy) is 2. The summed E-state index contributed by atoms with van der Waals surface area (Å²) in [5, 5.41) is 12.0. The Bertz CT molecular complexity index is 1780. The maximum Gasteiger partial charge on any atom is 0.277 e. The van der Waals surface area contributed by atoms with Crippen LogP contribution >= 0.6 is 63.7 Å². The van der Waals surface area contributed by atoms with Crippen molar-refractivity contribution in [2.24, 2.45) is 10.2 Å². The lowest BCUT2D eigenvalue weighted by atomic mass is 10.1. The number of hydrazone groups is 2. The molecule has 5 rings (SSSR count). The molecule has 44 heavy (non-hydrogen) atoms. The van der Waals surface area contributed by atoms with E-state index >= 15 is 0 Å². The van der Waals surface area contributed by atoms with Gasteiger partial charge in [0.05, 0.1) is 21.4 Å². The SMILES string of the molecule is O=C(COc1ccc2cc(Br)ccc2c1Br)N/N=C/c1ccc(/C=N/NC(=O)COc2ccc3cc(Br)ccc3c2Br)cc1. The van der Waals surface area contributed by atoms with Gasteiger partial charge < -0.3 is 9.47 Å². The molecule has 0 saturated carbocycles. The van der Waals surface area contributed by atoms with Gasteiger partial charge in [-0.15, -0.1) is 0 Å². The van der Waals surface area contributed by atoms with E-state index in [0.29, 0.717) is 11.5 Å². The fraction of sp³-hybridized carbons (Fsp3) is 0.0625. The third kappa shape index (κ3) is 8.32. The molecule has 222 valence electrons. The van der Waals surface area contributed by atoms with Crippen molar-refractivity contribution in [3.8, 4) is 11.5 Å². The number of rotatable bonds is 10. The number of benzene rings is 5. The fourth-order valence-electron chi connectivity index (χ4n) is 4.09. The van der Waals surface area contributed by atoms with E-state index in [1.54, 1.807) is 24.3 Å². The molecule has 0 aliphatic heterocycles. The summed E-state index contributed by atoms with van der Waals surface area (Å²) in [5.41, 5.74) is 6.44. The molecule has 0 saturated heterocycles. The molecule has 0 aliphatic carbocycles. The summed E-state index contributed by atoms with van der Waals surface area (Å²) in [5.74, 6) is 0.334. The molecule has 0 aliphatic rings. The van der Waals surface area contributed by atoms with Crippen molar-refractivity contribution >= 4 is 110 Å². The van der Waals surface area contributed by atoms with Crippen LogP contribution in [0.3, 0.4) is 0 Å². The van der Waals surface area contributed by atoms with Crippen LogP contribution < -0.4 is 20.3 Å². The number of hydrogen-bond acceptors (Lipinski definition) is 6. The summed E-state index contributed by atoms with van der Waals surface area (Å²) in [6.07, 6.45) is 3.04. The highest BCUT2D eigenvalue weighted by molar-refractivity contribution is 9.11. The molecular weight excluding hydrogens is 824 g/mol. The molecule has 8 nitrogen and oxygen atoms in total. The van der Waals surface area contributed by atoms with Crippen LogP contribution in [0.5, 0.6) is 11.5 Å². The zero-order valence-corrected chi connectivity index (χ0v) is 29.0. The molecule has 0 aromatic heterocycles. The minimum atomic E-state index is -0.395. The lowest BCUT2D eigenvalue weighted by Gasteiger charge is -2.10. The molecule has 5 aromatic rings. The highest BCUT2D eigenvalue weighted by Crippen LogP contribution is 2.35. The number of hydrogen-bond donors (Lipinski definition) is 2. The second-order valence-electron chi connectivity index (χ2n) is 9.32. The van der Waals surface area contributed by atoms with Gasteiger partial charge >= 0.3 is 0 Å². The molecule has 2 amide bonds. The monoisotopic (exact) mass is 842 g/mol. The summed E-state index contributed by atoms with van der Waals surface area (Å²) >= 11 is 14.0. The third-order valence-electron chi connectivity index (χ3n) is 6.22. The first kappa shape index (κ1) is 31.8. The van der Waals surface area contributed by atoms with Gasteiger partial charge in [0, 0.05) is 8.95 Å². The standard InChI is InChI=1S/C32H22Br4N4O4/c33-23-7-9-25-21(13-23)5-11-27(31(25)35)43-17-29(41)39-37-15-19-1-2-20(4-3-19)16-38-40-30(42)18-44-28-12-6-22-14-24(34)8-10-26(22)32(28)36/h1-16H,17-18H2,(H,39,41)(H,40,42)/b37-15+,38-16+. The Morgan fingerprint density at radius 2 is 1.00 bits per heavy atom. The van der Waals surface area contributed by atoms with E-state index in [-0.39, 0.29) is 13.2 Å². The van der Waals surface area contributed by atoms with Gasteiger partial charge in [-0.25, -0.2) is 10.9 Å². The molecule has 2 N–H and O–H groups in total. The van der Waals surface area contributed by atoms with Crippen molar-refractivity contribution in [2.75, 3.05) is 13.2 Å². The smallest absolute Gasteiger partial charge is 0.277 e. The molecular formula is C32H22Br4N4O4. The van der Waals surface area contributed by atoms with Gasteiger partial charge in [0.1, 0.15) is 11.5 Å². The maximum absolute atomic E-state index is 12.2. The van der Waals surface area contributed by atoms with E-state index in [4.69, 9.17) is 9.47 Å². The van der Waals surface area contributed by atoms with Gasteiger partial charge in [0.2, 0.25) is 0 Å². The number of halogens is 4. The van der Waals surface area contributed by atoms with Gasteiger partial charge in [-0.3, -0.25) is 9.59 Å². The quantitative estimate of drug-likeness (QED) is 0.110. The van der Waals surface area contributed by atoms with E-state index in [2.05, 4.69) is 84.8 Å². The van der Waals surface area contributed by atoms with Crippen molar-refractivity contribution in [1.29, 1.82) is 0 Å². The largest absolute Gasteiger partial charge is 0.483 e. The molecule has 0 atom stereocenters. The van der Waals surface area contributed by atoms with Crippen molar-refractivity contribution in [3.05, 3.63) is 114 Å². The Hall–Kier alpha value is -3.58. The van der Waals surface area contributed by atoms with Crippen LogP contribution in [0, 0.1) is 0 Å². The summed E-state index contributed by atoms with van der Waals surface area (Å²) < 4.78 is 14.9. The summed E-state index contributed by atoms with van der Waals surface area (Å²) in [6.45, 7) is -0.385. The van der Waals surface area contributed by atoms with Crippen molar-refractivity contribution in [3.63, 3.8) is 0 Å². The molecule has 12 heteroatoms. The second kappa shape index (κ2) is 14.9. The van der Waals surface area contributed by atoms with E-state index in [0.717, 1.165) is 50.6 Å². The van der Waals surface area contributed by atoms with Crippen LogP contribution in [-0.2, 0) is 9.59 Å². The van der Waals surface area contributed by atoms with Gasteiger partial charge in [0.15, 0.2) is 13.2 Å². The summed E-state index contributed by atoms with van der Waals surface area (Å²) in [7, 11) is 0. The van der Waals surface area contributed by atoms with Crippen LogP contribution in [-0.4, -0.2) is 37.5 Å². The lowest BCUT2D eigenvalue weighted by Crippen LogP contribution is -2.24. The van der Waals surface area contributed by atoms with E-state index < -0.39 is 11.8 Å². The topological polar surface area (TPSA) is 101 Å². The van der Waals surface area contributed by atoms with E-state index in [1.807, 2.05) is 60.7 Å².